The summed E-state index contributed by atoms with van der Waals surface area (Å²) in [7, 11) is 0. The number of aliphatic hydroxyl groups is 1. The molecule has 1 aromatic carbocycles. The normalized spacial score (nSPS) is 24.4. The lowest BCUT2D eigenvalue weighted by Gasteiger charge is -2.35. The maximum atomic E-state index is 11.5. The fraction of sp³-hybridized carbons (Fsp3) is 0.533. The summed E-state index contributed by atoms with van der Waals surface area (Å²) in [5.74, 6) is 0.347. The van der Waals surface area contributed by atoms with Crippen molar-refractivity contribution >= 4 is 5.78 Å². The van der Waals surface area contributed by atoms with E-state index in [1.165, 1.54) is 5.56 Å². The molecule has 2 rings (SSSR count). The number of Topliss-reactive ketones (excluding diaryl/α,β-unsaturated/α-hetero) is 1. The number of carbonyl (C=O) groups excluding carboxylic acids is 1. The molecular formula is C15H20O2. The molecule has 0 saturated heterocycles. The molecule has 0 aromatic heterocycles. The highest BCUT2D eigenvalue weighted by Gasteiger charge is 2.36. The average Bonchev–Trinajstić information content (AvgIpc) is 2.29. The van der Waals surface area contributed by atoms with E-state index in [0.29, 0.717) is 12.8 Å². The summed E-state index contributed by atoms with van der Waals surface area (Å²) in [5, 5.41) is 10.7. The minimum absolute atomic E-state index is 0.0615. The van der Waals surface area contributed by atoms with Crippen LogP contribution in [0.4, 0.5) is 0 Å². The molecule has 1 fully saturated rings. The SMILES string of the molecule is Cc1ccc(C(C)(O)C2CCCC(=O)C2)cc1. The third-order valence-electron chi connectivity index (χ3n) is 3.91. The summed E-state index contributed by atoms with van der Waals surface area (Å²) < 4.78 is 0. The Hall–Kier alpha value is -1.15. The molecule has 1 N–H and O–H groups in total. The summed E-state index contributed by atoms with van der Waals surface area (Å²) in [5.41, 5.74) is 1.22. The number of carbonyl (C=O) groups is 1. The standard InChI is InChI=1S/C15H20O2/c1-11-6-8-12(9-7-11)15(2,17)13-4-3-5-14(16)10-13/h6-9,13,17H,3-5,10H2,1-2H3. The van der Waals surface area contributed by atoms with E-state index in [1.807, 2.05) is 38.1 Å². The summed E-state index contributed by atoms with van der Waals surface area (Å²) in [4.78, 5) is 11.5. The third-order valence-corrected chi connectivity index (χ3v) is 3.91. The van der Waals surface area contributed by atoms with Crippen molar-refractivity contribution in [3.63, 3.8) is 0 Å². The molecule has 92 valence electrons. The van der Waals surface area contributed by atoms with E-state index in [9.17, 15) is 9.90 Å². The van der Waals surface area contributed by atoms with Crippen molar-refractivity contribution in [2.75, 3.05) is 0 Å². The van der Waals surface area contributed by atoms with Gasteiger partial charge in [0.25, 0.3) is 0 Å². The molecule has 0 aliphatic heterocycles. The van der Waals surface area contributed by atoms with Crippen molar-refractivity contribution < 1.29 is 9.90 Å². The molecule has 0 heterocycles. The summed E-state index contributed by atoms with van der Waals surface area (Å²) in [6, 6.07) is 7.95. The van der Waals surface area contributed by atoms with E-state index in [2.05, 4.69) is 0 Å². The van der Waals surface area contributed by atoms with Crippen LogP contribution in [-0.2, 0) is 10.4 Å². The van der Waals surface area contributed by atoms with Crippen LogP contribution in [0.3, 0.4) is 0 Å². The van der Waals surface area contributed by atoms with Crippen LogP contribution < -0.4 is 0 Å². The second-order valence-electron chi connectivity index (χ2n) is 5.35. The van der Waals surface area contributed by atoms with Crippen molar-refractivity contribution in [2.45, 2.75) is 45.1 Å². The predicted molar refractivity (Wildman–Crippen MR) is 67.7 cm³/mol. The minimum Gasteiger partial charge on any atom is -0.385 e. The van der Waals surface area contributed by atoms with Gasteiger partial charge in [0.05, 0.1) is 5.60 Å². The maximum absolute atomic E-state index is 11.5. The van der Waals surface area contributed by atoms with Gasteiger partial charge in [-0.25, -0.2) is 0 Å². The molecular weight excluding hydrogens is 212 g/mol. The van der Waals surface area contributed by atoms with E-state index in [1.54, 1.807) is 0 Å². The summed E-state index contributed by atoms with van der Waals surface area (Å²) in [6.07, 6.45) is 3.04. The minimum atomic E-state index is -0.885. The first-order valence-electron chi connectivity index (χ1n) is 6.31. The Morgan fingerprint density at radius 2 is 1.94 bits per heavy atom. The van der Waals surface area contributed by atoms with Crippen molar-refractivity contribution in [1.29, 1.82) is 0 Å². The van der Waals surface area contributed by atoms with Gasteiger partial charge in [-0.2, -0.15) is 0 Å². The Bertz CT molecular complexity index is 403. The Balaban J connectivity index is 2.22. The molecule has 2 atom stereocenters. The topological polar surface area (TPSA) is 37.3 Å². The van der Waals surface area contributed by atoms with E-state index in [0.717, 1.165) is 18.4 Å². The monoisotopic (exact) mass is 232 g/mol. The first kappa shape index (κ1) is 12.3. The average molecular weight is 232 g/mol. The van der Waals surface area contributed by atoms with Crippen molar-refractivity contribution in [3.05, 3.63) is 35.4 Å². The Morgan fingerprint density at radius 1 is 1.29 bits per heavy atom. The van der Waals surface area contributed by atoms with Crippen LogP contribution in [0, 0.1) is 12.8 Å². The molecule has 1 aliphatic rings. The van der Waals surface area contributed by atoms with Gasteiger partial charge in [-0.05, 0) is 38.2 Å². The van der Waals surface area contributed by atoms with Crippen LogP contribution in [0.2, 0.25) is 0 Å². The molecule has 1 aliphatic carbocycles. The molecule has 2 nitrogen and oxygen atoms in total. The predicted octanol–water partition coefficient (Wildman–Crippen LogP) is 2.96. The highest BCUT2D eigenvalue weighted by molar-refractivity contribution is 5.79. The van der Waals surface area contributed by atoms with Crippen molar-refractivity contribution in [1.82, 2.24) is 0 Å². The summed E-state index contributed by atoms with van der Waals surface area (Å²) >= 11 is 0. The smallest absolute Gasteiger partial charge is 0.133 e. The van der Waals surface area contributed by atoms with Gasteiger partial charge in [0.15, 0.2) is 0 Å². The molecule has 0 amide bonds. The van der Waals surface area contributed by atoms with Crippen LogP contribution >= 0.6 is 0 Å². The number of rotatable bonds is 2. The lowest BCUT2D eigenvalue weighted by Crippen LogP contribution is -2.35. The van der Waals surface area contributed by atoms with E-state index in [4.69, 9.17) is 0 Å². The van der Waals surface area contributed by atoms with E-state index in [-0.39, 0.29) is 11.7 Å². The molecule has 0 radical (unpaired) electrons. The van der Waals surface area contributed by atoms with Crippen LogP contribution in [-0.4, -0.2) is 10.9 Å². The molecule has 1 aromatic rings. The molecule has 17 heavy (non-hydrogen) atoms. The van der Waals surface area contributed by atoms with Gasteiger partial charge >= 0.3 is 0 Å². The number of hydrogen-bond acceptors (Lipinski definition) is 2. The second kappa shape index (κ2) is 4.61. The number of aryl methyl sites for hydroxylation is 1. The first-order chi connectivity index (χ1) is 8.00. The van der Waals surface area contributed by atoms with Gasteiger partial charge in [0.1, 0.15) is 5.78 Å². The first-order valence-corrected chi connectivity index (χ1v) is 6.31. The fourth-order valence-corrected chi connectivity index (χ4v) is 2.63. The number of ketones is 1. The Kier molecular flexibility index (Phi) is 3.34. The van der Waals surface area contributed by atoms with Gasteiger partial charge in [0, 0.05) is 12.8 Å². The number of benzene rings is 1. The Labute approximate surface area is 103 Å². The largest absolute Gasteiger partial charge is 0.385 e. The third kappa shape index (κ3) is 2.58. The Morgan fingerprint density at radius 3 is 2.53 bits per heavy atom. The van der Waals surface area contributed by atoms with Gasteiger partial charge in [-0.15, -0.1) is 0 Å². The van der Waals surface area contributed by atoms with E-state index >= 15 is 0 Å². The quantitative estimate of drug-likeness (QED) is 0.851. The summed E-state index contributed by atoms with van der Waals surface area (Å²) in [6.45, 7) is 3.86. The van der Waals surface area contributed by atoms with Crippen molar-refractivity contribution in [3.8, 4) is 0 Å². The van der Waals surface area contributed by atoms with Crippen LogP contribution in [0.1, 0.15) is 43.7 Å². The zero-order chi connectivity index (χ0) is 12.5. The molecule has 0 spiro atoms. The van der Waals surface area contributed by atoms with Crippen LogP contribution in [0.5, 0.6) is 0 Å². The lowest BCUT2D eigenvalue weighted by molar-refractivity contribution is -0.125. The zero-order valence-corrected chi connectivity index (χ0v) is 10.6. The van der Waals surface area contributed by atoms with Gasteiger partial charge < -0.3 is 5.11 Å². The van der Waals surface area contributed by atoms with E-state index < -0.39 is 5.60 Å². The van der Waals surface area contributed by atoms with Crippen LogP contribution in [0.15, 0.2) is 24.3 Å². The highest BCUT2D eigenvalue weighted by Crippen LogP contribution is 2.37. The van der Waals surface area contributed by atoms with Crippen LogP contribution in [0.25, 0.3) is 0 Å². The molecule has 2 unspecified atom stereocenters. The molecule has 2 heteroatoms. The van der Waals surface area contributed by atoms with Crippen molar-refractivity contribution in [2.24, 2.45) is 5.92 Å². The zero-order valence-electron chi connectivity index (χ0n) is 10.6. The second-order valence-corrected chi connectivity index (χ2v) is 5.35. The molecule has 0 bridgehead atoms. The highest BCUT2D eigenvalue weighted by atomic mass is 16.3. The fourth-order valence-electron chi connectivity index (χ4n) is 2.63. The van der Waals surface area contributed by atoms with Gasteiger partial charge in [-0.3, -0.25) is 4.79 Å². The van der Waals surface area contributed by atoms with Gasteiger partial charge in [-0.1, -0.05) is 29.8 Å². The van der Waals surface area contributed by atoms with Gasteiger partial charge in [0.2, 0.25) is 0 Å². The lowest BCUT2D eigenvalue weighted by atomic mass is 9.74. The number of hydrogen-bond donors (Lipinski definition) is 1. The maximum Gasteiger partial charge on any atom is 0.133 e. The molecule has 1 saturated carbocycles.